The SMILES string of the molecule is Cc1cc(F)ccc1-n1c(CCl)nc2cc(Cl)c(F)cc21. The number of benzene rings is 2. The minimum atomic E-state index is -0.536. The highest BCUT2D eigenvalue weighted by Crippen LogP contribution is 2.28. The van der Waals surface area contributed by atoms with Crippen molar-refractivity contribution in [2.45, 2.75) is 12.8 Å². The number of alkyl halides is 1. The number of nitrogens with zero attached hydrogens (tertiary/aromatic N) is 2. The molecule has 0 N–H and O–H groups in total. The molecule has 1 heterocycles. The number of halogens is 4. The summed E-state index contributed by atoms with van der Waals surface area (Å²) in [5.74, 6) is -0.179. The average molecular weight is 327 g/mol. The maximum absolute atomic E-state index is 13.8. The first kappa shape index (κ1) is 14.3. The topological polar surface area (TPSA) is 17.8 Å². The van der Waals surface area contributed by atoms with E-state index in [1.54, 1.807) is 17.6 Å². The molecule has 0 aliphatic heterocycles. The van der Waals surface area contributed by atoms with Crippen molar-refractivity contribution in [3.05, 3.63) is 58.4 Å². The molecule has 0 bridgehead atoms. The van der Waals surface area contributed by atoms with Crippen molar-refractivity contribution in [1.29, 1.82) is 0 Å². The van der Waals surface area contributed by atoms with E-state index in [9.17, 15) is 8.78 Å². The minimum absolute atomic E-state index is 0.00380. The molecule has 0 unspecified atom stereocenters. The fourth-order valence-electron chi connectivity index (χ4n) is 2.35. The second kappa shape index (κ2) is 5.28. The quantitative estimate of drug-likeness (QED) is 0.605. The zero-order valence-electron chi connectivity index (χ0n) is 11.0. The van der Waals surface area contributed by atoms with Crippen LogP contribution in [0, 0.1) is 18.6 Å². The summed E-state index contributed by atoms with van der Waals surface area (Å²) in [4.78, 5) is 4.36. The van der Waals surface area contributed by atoms with Gasteiger partial charge in [0.1, 0.15) is 17.5 Å². The van der Waals surface area contributed by atoms with Gasteiger partial charge in [-0.15, -0.1) is 11.6 Å². The third kappa shape index (κ3) is 2.39. The van der Waals surface area contributed by atoms with Gasteiger partial charge in [-0.2, -0.15) is 0 Å². The molecule has 21 heavy (non-hydrogen) atoms. The van der Waals surface area contributed by atoms with Crippen LogP contribution in [0.5, 0.6) is 0 Å². The lowest BCUT2D eigenvalue weighted by molar-refractivity contribution is 0.625. The number of imidazole rings is 1. The van der Waals surface area contributed by atoms with E-state index >= 15 is 0 Å². The number of hydrogen-bond donors (Lipinski definition) is 0. The molecular weight excluding hydrogens is 317 g/mol. The summed E-state index contributed by atoms with van der Waals surface area (Å²) < 4.78 is 28.7. The van der Waals surface area contributed by atoms with Crippen LogP contribution in [-0.4, -0.2) is 9.55 Å². The number of aryl methyl sites for hydroxylation is 1. The van der Waals surface area contributed by atoms with E-state index in [0.717, 1.165) is 0 Å². The Morgan fingerprint density at radius 1 is 1.19 bits per heavy atom. The van der Waals surface area contributed by atoms with Gasteiger partial charge in [-0.3, -0.25) is 4.57 Å². The number of aromatic nitrogens is 2. The summed E-state index contributed by atoms with van der Waals surface area (Å²) in [6.45, 7) is 1.77. The first-order valence-corrected chi connectivity index (χ1v) is 7.11. The molecule has 0 aliphatic carbocycles. The summed E-state index contributed by atoms with van der Waals surface area (Å²) in [6, 6.07) is 7.14. The van der Waals surface area contributed by atoms with E-state index in [2.05, 4.69) is 4.98 Å². The molecular formula is C15H10Cl2F2N2. The molecule has 0 spiro atoms. The monoisotopic (exact) mass is 326 g/mol. The highest BCUT2D eigenvalue weighted by Gasteiger charge is 2.16. The Labute approximate surface area is 129 Å². The standard InChI is InChI=1S/C15H10Cl2F2N2/c1-8-4-9(18)2-3-13(8)21-14-6-11(19)10(17)5-12(14)20-15(21)7-16/h2-6H,7H2,1H3. The maximum Gasteiger partial charge on any atom is 0.144 e. The van der Waals surface area contributed by atoms with E-state index in [1.807, 2.05) is 0 Å². The van der Waals surface area contributed by atoms with Crippen molar-refractivity contribution < 1.29 is 8.78 Å². The Balaban J connectivity index is 2.37. The zero-order chi connectivity index (χ0) is 15.1. The molecule has 2 nitrogen and oxygen atoms in total. The van der Waals surface area contributed by atoms with E-state index in [4.69, 9.17) is 23.2 Å². The smallest absolute Gasteiger partial charge is 0.144 e. The molecule has 1 aromatic heterocycles. The highest BCUT2D eigenvalue weighted by molar-refractivity contribution is 6.31. The van der Waals surface area contributed by atoms with E-state index in [1.165, 1.54) is 24.3 Å². The lowest BCUT2D eigenvalue weighted by Crippen LogP contribution is -2.02. The van der Waals surface area contributed by atoms with Crippen LogP contribution in [0.1, 0.15) is 11.4 Å². The van der Waals surface area contributed by atoms with E-state index in [-0.39, 0.29) is 16.7 Å². The van der Waals surface area contributed by atoms with Gasteiger partial charge in [0, 0.05) is 6.07 Å². The Morgan fingerprint density at radius 2 is 1.95 bits per heavy atom. The van der Waals surface area contributed by atoms with Crippen molar-refractivity contribution in [2.75, 3.05) is 0 Å². The molecule has 0 amide bonds. The van der Waals surface area contributed by atoms with Crippen molar-refractivity contribution >= 4 is 34.2 Å². The molecule has 0 radical (unpaired) electrons. The average Bonchev–Trinajstić information content (AvgIpc) is 2.77. The predicted molar refractivity (Wildman–Crippen MR) is 80.3 cm³/mol. The molecule has 2 aromatic carbocycles. The Morgan fingerprint density at radius 3 is 2.62 bits per heavy atom. The van der Waals surface area contributed by atoms with Crippen LogP contribution in [0.2, 0.25) is 5.02 Å². The third-order valence-electron chi connectivity index (χ3n) is 3.29. The number of rotatable bonds is 2. The van der Waals surface area contributed by atoms with Crippen molar-refractivity contribution in [3.8, 4) is 5.69 Å². The van der Waals surface area contributed by atoms with Gasteiger partial charge >= 0.3 is 0 Å². The van der Waals surface area contributed by atoms with Gasteiger partial charge < -0.3 is 0 Å². The number of hydrogen-bond acceptors (Lipinski definition) is 1. The third-order valence-corrected chi connectivity index (χ3v) is 3.81. The molecule has 0 saturated heterocycles. The Bertz CT molecular complexity index is 843. The van der Waals surface area contributed by atoms with Gasteiger partial charge in [-0.25, -0.2) is 13.8 Å². The fraction of sp³-hybridized carbons (Fsp3) is 0.133. The largest absolute Gasteiger partial charge is 0.295 e. The van der Waals surface area contributed by atoms with Crippen LogP contribution in [0.15, 0.2) is 30.3 Å². The second-order valence-corrected chi connectivity index (χ2v) is 5.36. The summed E-state index contributed by atoms with van der Waals surface area (Å²) >= 11 is 11.7. The first-order chi connectivity index (χ1) is 10.0. The van der Waals surface area contributed by atoms with Crippen LogP contribution in [0.25, 0.3) is 16.7 Å². The highest BCUT2D eigenvalue weighted by atomic mass is 35.5. The first-order valence-electron chi connectivity index (χ1n) is 6.20. The van der Waals surface area contributed by atoms with E-state index in [0.29, 0.717) is 28.1 Å². The molecule has 0 atom stereocenters. The summed E-state index contributed by atoms with van der Waals surface area (Å²) in [5.41, 5.74) is 2.50. The second-order valence-electron chi connectivity index (χ2n) is 4.68. The van der Waals surface area contributed by atoms with Crippen molar-refractivity contribution in [3.63, 3.8) is 0 Å². The lowest BCUT2D eigenvalue weighted by Gasteiger charge is -2.11. The molecule has 3 aromatic rings. The Kier molecular flexibility index (Phi) is 3.59. The molecule has 0 saturated carbocycles. The van der Waals surface area contributed by atoms with Gasteiger partial charge in [-0.05, 0) is 36.8 Å². The van der Waals surface area contributed by atoms with E-state index < -0.39 is 5.82 Å². The molecule has 108 valence electrons. The maximum atomic E-state index is 13.8. The fourth-order valence-corrected chi connectivity index (χ4v) is 2.69. The van der Waals surface area contributed by atoms with Crippen LogP contribution in [0.3, 0.4) is 0 Å². The van der Waals surface area contributed by atoms with Crippen LogP contribution in [0.4, 0.5) is 8.78 Å². The normalized spacial score (nSPS) is 11.3. The van der Waals surface area contributed by atoms with Crippen LogP contribution >= 0.6 is 23.2 Å². The molecule has 3 rings (SSSR count). The summed E-state index contributed by atoms with van der Waals surface area (Å²) in [6.07, 6.45) is 0. The van der Waals surface area contributed by atoms with Crippen LogP contribution in [-0.2, 0) is 5.88 Å². The van der Waals surface area contributed by atoms with Gasteiger partial charge in [-0.1, -0.05) is 11.6 Å². The number of fused-ring (bicyclic) bond motifs is 1. The summed E-state index contributed by atoms with van der Waals surface area (Å²) in [5, 5.41) is 0.00380. The lowest BCUT2D eigenvalue weighted by atomic mass is 10.2. The zero-order valence-corrected chi connectivity index (χ0v) is 12.5. The predicted octanol–water partition coefficient (Wildman–Crippen LogP) is 5.00. The van der Waals surface area contributed by atoms with Crippen LogP contribution < -0.4 is 0 Å². The van der Waals surface area contributed by atoms with Crippen molar-refractivity contribution in [1.82, 2.24) is 9.55 Å². The van der Waals surface area contributed by atoms with Gasteiger partial charge in [0.15, 0.2) is 0 Å². The van der Waals surface area contributed by atoms with Gasteiger partial charge in [0.25, 0.3) is 0 Å². The molecule has 0 aliphatic rings. The Hall–Kier alpha value is -1.65. The molecule has 0 fully saturated rings. The van der Waals surface area contributed by atoms with Crippen molar-refractivity contribution in [2.24, 2.45) is 0 Å². The van der Waals surface area contributed by atoms with Gasteiger partial charge in [0.05, 0.1) is 27.6 Å². The van der Waals surface area contributed by atoms with Gasteiger partial charge in [0.2, 0.25) is 0 Å². The minimum Gasteiger partial charge on any atom is -0.295 e. The molecule has 6 heteroatoms. The summed E-state index contributed by atoms with van der Waals surface area (Å²) in [7, 11) is 0.